The molecule has 0 atom stereocenters. The predicted octanol–water partition coefficient (Wildman–Crippen LogP) is 2.51. The van der Waals surface area contributed by atoms with Gasteiger partial charge < -0.3 is 9.47 Å². The number of carbonyl (C=O) groups excluding carboxylic acids is 1. The van der Waals surface area contributed by atoms with Gasteiger partial charge in [0.1, 0.15) is 0 Å². The average molecular weight is 324 g/mol. The van der Waals surface area contributed by atoms with Gasteiger partial charge in [-0.05, 0) is 0 Å². The summed E-state index contributed by atoms with van der Waals surface area (Å²) in [7, 11) is 2.83. The van der Waals surface area contributed by atoms with Crippen LogP contribution in [0.15, 0.2) is 18.2 Å². The van der Waals surface area contributed by atoms with Gasteiger partial charge in [0.15, 0.2) is 0 Å². The Bertz CT molecular complexity index is 328. The van der Waals surface area contributed by atoms with E-state index in [1.165, 1.54) is 30.6 Å². The molecule has 0 radical (unpaired) electrons. The summed E-state index contributed by atoms with van der Waals surface area (Å²) in [6.07, 6.45) is 0. The SMILES string of the molecule is [CH2-]c1ccc(C(=O)OC)c(OC)c1.[Zn+][Br]. The van der Waals surface area contributed by atoms with E-state index in [9.17, 15) is 4.79 Å². The molecule has 1 rings (SSSR count). The molecule has 1 aromatic carbocycles. The van der Waals surface area contributed by atoms with E-state index in [1.807, 2.05) is 0 Å². The molecule has 0 aromatic heterocycles. The van der Waals surface area contributed by atoms with Crippen molar-refractivity contribution < 1.29 is 30.6 Å². The minimum absolute atomic E-state index is 0.406. The molecule has 0 bridgehead atoms. The first kappa shape index (κ1) is 14.5. The molecule has 15 heavy (non-hydrogen) atoms. The van der Waals surface area contributed by atoms with Crippen molar-refractivity contribution >= 4 is 19.6 Å². The Morgan fingerprint density at radius 3 is 2.47 bits per heavy atom. The molecule has 3 nitrogen and oxygen atoms in total. The average Bonchev–Trinajstić information content (AvgIpc) is 2.30. The van der Waals surface area contributed by atoms with Gasteiger partial charge in [-0.1, -0.05) is 0 Å². The molecule has 1 aromatic rings. The summed E-state index contributed by atoms with van der Waals surface area (Å²) < 4.78 is 9.59. The molecule has 0 N–H and O–H groups in total. The van der Waals surface area contributed by atoms with Gasteiger partial charge in [-0.3, -0.25) is 0 Å². The molecule has 5 heteroatoms. The van der Waals surface area contributed by atoms with Gasteiger partial charge in [-0.25, -0.2) is 4.79 Å². The van der Waals surface area contributed by atoms with Crippen LogP contribution in [0, 0.1) is 6.92 Å². The van der Waals surface area contributed by atoms with E-state index in [-0.39, 0.29) is 0 Å². The van der Waals surface area contributed by atoms with Crippen molar-refractivity contribution in [3.05, 3.63) is 36.2 Å². The Hall–Kier alpha value is -0.537. The van der Waals surface area contributed by atoms with Gasteiger partial charge in [0.2, 0.25) is 0 Å². The van der Waals surface area contributed by atoms with Crippen LogP contribution < -0.4 is 4.74 Å². The number of halogens is 1. The standard InChI is InChI=1S/C10H11O3.BrH.Zn/c1-7-4-5-8(10(11)13-3)9(6-7)12-2;;/h4-6H,1H2,2-3H3;1H;/q-1;;+2/p-1. The van der Waals surface area contributed by atoms with Crippen molar-refractivity contribution in [2.75, 3.05) is 14.2 Å². The zero-order valence-corrected chi connectivity index (χ0v) is 13.3. The van der Waals surface area contributed by atoms with Crippen LogP contribution >= 0.6 is 13.6 Å². The number of methoxy groups -OCH3 is 2. The molecule has 0 amide bonds. The summed E-state index contributed by atoms with van der Waals surface area (Å²) >= 11 is 4.25. The first-order chi connectivity index (χ1) is 7.19. The summed E-state index contributed by atoms with van der Waals surface area (Å²) in [6.45, 7) is 3.72. The monoisotopic (exact) mass is 322 g/mol. The number of rotatable bonds is 2. The van der Waals surface area contributed by atoms with E-state index in [1.54, 1.807) is 18.2 Å². The van der Waals surface area contributed by atoms with E-state index < -0.39 is 5.97 Å². The first-order valence-corrected chi connectivity index (χ1v) is 11.0. The minimum atomic E-state index is -0.406. The van der Waals surface area contributed by atoms with Gasteiger partial charge in [0.25, 0.3) is 0 Å². The van der Waals surface area contributed by atoms with Gasteiger partial charge in [-0.15, -0.1) is 12.1 Å². The van der Waals surface area contributed by atoms with Crippen LogP contribution in [-0.4, -0.2) is 20.2 Å². The van der Waals surface area contributed by atoms with Crippen molar-refractivity contribution in [2.45, 2.75) is 0 Å². The molecule has 0 saturated carbocycles. The predicted molar refractivity (Wildman–Crippen MR) is 57.7 cm³/mol. The van der Waals surface area contributed by atoms with Gasteiger partial charge in [-0.2, -0.15) is 18.6 Å². The van der Waals surface area contributed by atoms with Crippen molar-refractivity contribution in [2.24, 2.45) is 0 Å². The number of hydrogen-bond acceptors (Lipinski definition) is 3. The van der Waals surface area contributed by atoms with Crippen LogP contribution in [-0.2, 0) is 21.1 Å². The summed E-state index contributed by atoms with van der Waals surface area (Å²) in [5.41, 5.74) is 1.21. The van der Waals surface area contributed by atoms with Crippen LogP contribution in [0.1, 0.15) is 15.9 Å². The maximum atomic E-state index is 11.2. The van der Waals surface area contributed by atoms with Crippen molar-refractivity contribution in [1.29, 1.82) is 0 Å². The maximum absolute atomic E-state index is 11.2. The summed E-state index contributed by atoms with van der Waals surface area (Å²) in [5, 5.41) is 0. The quantitative estimate of drug-likeness (QED) is 0.476. The van der Waals surface area contributed by atoms with E-state index in [0.29, 0.717) is 11.3 Å². The van der Waals surface area contributed by atoms with E-state index >= 15 is 0 Å². The second kappa shape index (κ2) is 7.72. The topological polar surface area (TPSA) is 35.5 Å². The zero-order valence-electron chi connectivity index (χ0n) is 8.75. The van der Waals surface area contributed by atoms with Gasteiger partial charge >= 0.3 is 35.9 Å². The molecule has 0 aliphatic rings. The Morgan fingerprint density at radius 2 is 2.00 bits per heavy atom. The molecule has 0 unspecified atom stereocenters. The number of carbonyl (C=O) groups is 1. The number of ether oxygens (including phenoxy) is 2. The molecule has 78 valence electrons. The summed E-state index contributed by atoms with van der Waals surface area (Å²) in [6, 6.07) is 5.05. The third kappa shape index (κ3) is 4.22. The molecular formula is C10H11BrO3Zn. The fourth-order valence-corrected chi connectivity index (χ4v) is 1.01. The van der Waals surface area contributed by atoms with E-state index in [4.69, 9.17) is 4.74 Å². The molecule has 0 heterocycles. The fraction of sp³-hybridized carbons (Fsp3) is 0.200. The second-order valence-corrected chi connectivity index (χ2v) is 2.53. The molecule has 0 aliphatic heterocycles. The first-order valence-electron chi connectivity index (χ1n) is 4.04. The van der Waals surface area contributed by atoms with Crippen molar-refractivity contribution in [3.8, 4) is 5.75 Å². The normalized spacial score (nSPS) is 8.60. The number of benzene rings is 1. The third-order valence-electron chi connectivity index (χ3n) is 1.67. The molecule has 0 spiro atoms. The fourth-order valence-electron chi connectivity index (χ4n) is 1.01. The molecule has 0 aliphatic carbocycles. The third-order valence-corrected chi connectivity index (χ3v) is 1.67. The van der Waals surface area contributed by atoms with Crippen LogP contribution in [0.25, 0.3) is 0 Å². The van der Waals surface area contributed by atoms with Crippen LogP contribution in [0.4, 0.5) is 0 Å². The van der Waals surface area contributed by atoms with E-state index in [2.05, 4.69) is 25.3 Å². The van der Waals surface area contributed by atoms with E-state index in [0.717, 1.165) is 5.56 Å². The van der Waals surface area contributed by atoms with Gasteiger partial charge in [0.05, 0.1) is 25.5 Å². The summed E-state index contributed by atoms with van der Waals surface area (Å²) in [5.74, 6) is 0.0798. The van der Waals surface area contributed by atoms with Crippen molar-refractivity contribution in [1.82, 2.24) is 0 Å². The zero-order chi connectivity index (χ0) is 11.8. The Morgan fingerprint density at radius 1 is 1.40 bits per heavy atom. The van der Waals surface area contributed by atoms with Crippen LogP contribution in [0.3, 0.4) is 0 Å². The Balaban J connectivity index is 0.000000921. The number of hydrogen-bond donors (Lipinski definition) is 0. The molecule has 0 saturated heterocycles. The van der Waals surface area contributed by atoms with Crippen molar-refractivity contribution in [3.63, 3.8) is 0 Å². The van der Waals surface area contributed by atoms with Crippen LogP contribution in [0.2, 0.25) is 0 Å². The Labute approximate surface area is 106 Å². The number of esters is 1. The molecule has 0 fully saturated rings. The molecular weight excluding hydrogens is 313 g/mol. The van der Waals surface area contributed by atoms with Gasteiger partial charge in [0, 0.05) is 0 Å². The Kier molecular flexibility index (Phi) is 7.44. The summed E-state index contributed by atoms with van der Waals surface area (Å²) in [4.78, 5) is 11.2. The second-order valence-electron chi connectivity index (χ2n) is 2.53. The van der Waals surface area contributed by atoms with Crippen LogP contribution in [0.5, 0.6) is 5.75 Å².